The van der Waals surface area contributed by atoms with Crippen LogP contribution in [0.3, 0.4) is 0 Å². The Bertz CT molecular complexity index is 527. The highest BCUT2D eigenvalue weighted by atomic mass is 16.5. The number of anilines is 2. The zero-order valence-electron chi connectivity index (χ0n) is 12.2. The Morgan fingerprint density at radius 2 is 2.29 bits per heavy atom. The molecule has 6 heteroatoms. The SMILES string of the molecule is COC1(CNC(=O)c2cccc3c2NCCN3)CCOC1. The minimum atomic E-state index is -0.393. The van der Waals surface area contributed by atoms with Crippen LogP contribution in [-0.4, -0.2) is 51.5 Å². The number of methoxy groups -OCH3 is 1. The van der Waals surface area contributed by atoms with Crippen molar-refractivity contribution in [2.24, 2.45) is 0 Å². The van der Waals surface area contributed by atoms with Gasteiger partial charge in [-0.15, -0.1) is 0 Å². The fourth-order valence-corrected chi connectivity index (χ4v) is 2.76. The van der Waals surface area contributed by atoms with E-state index in [0.717, 1.165) is 30.9 Å². The first-order valence-corrected chi connectivity index (χ1v) is 7.26. The molecule has 0 aliphatic carbocycles. The lowest BCUT2D eigenvalue weighted by Gasteiger charge is -2.27. The largest absolute Gasteiger partial charge is 0.382 e. The molecule has 1 atom stereocenters. The number of ether oxygens (including phenoxy) is 2. The zero-order chi connectivity index (χ0) is 14.7. The van der Waals surface area contributed by atoms with Gasteiger partial charge in [-0.05, 0) is 12.1 Å². The van der Waals surface area contributed by atoms with Crippen LogP contribution in [0.25, 0.3) is 0 Å². The van der Waals surface area contributed by atoms with E-state index in [9.17, 15) is 4.79 Å². The number of para-hydroxylation sites is 1. The van der Waals surface area contributed by atoms with Crippen molar-refractivity contribution in [3.8, 4) is 0 Å². The van der Waals surface area contributed by atoms with Crippen LogP contribution >= 0.6 is 0 Å². The van der Waals surface area contributed by atoms with Crippen LogP contribution in [0.5, 0.6) is 0 Å². The number of carbonyl (C=O) groups excluding carboxylic acids is 1. The molecule has 2 aliphatic heterocycles. The second-order valence-corrected chi connectivity index (χ2v) is 5.45. The van der Waals surface area contributed by atoms with E-state index < -0.39 is 5.60 Å². The fraction of sp³-hybridized carbons (Fsp3) is 0.533. The summed E-state index contributed by atoms with van der Waals surface area (Å²) in [7, 11) is 1.66. The van der Waals surface area contributed by atoms with Crippen molar-refractivity contribution in [1.82, 2.24) is 5.32 Å². The topological polar surface area (TPSA) is 71.6 Å². The normalized spacial score (nSPS) is 23.9. The Morgan fingerprint density at radius 1 is 1.43 bits per heavy atom. The van der Waals surface area contributed by atoms with Gasteiger partial charge in [-0.2, -0.15) is 0 Å². The lowest BCUT2D eigenvalue weighted by atomic mass is 10.0. The number of benzene rings is 1. The summed E-state index contributed by atoms with van der Waals surface area (Å²) in [6, 6.07) is 5.69. The van der Waals surface area contributed by atoms with E-state index in [-0.39, 0.29) is 5.91 Å². The van der Waals surface area contributed by atoms with Crippen LogP contribution in [-0.2, 0) is 9.47 Å². The van der Waals surface area contributed by atoms with Crippen LogP contribution in [0.1, 0.15) is 16.8 Å². The Hall–Kier alpha value is -1.79. The lowest BCUT2D eigenvalue weighted by molar-refractivity contribution is -0.0148. The smallest absolute Gasteiger partial charge is 0.253 e. The van der Waals surface area contributed by atoms with Crippen molar-refractivity contribution >= 4 is 17.3 Å². The predicted molar refractivity (Wildman–Crippen MR) is 80.9 cm³/mol. The predicted octanol–water partition coefficient (Wildman–Crippen LogP) is 1.06. The molecule has 1 aromatic rings. The molecule has 1 unspecified atom stereocenters. The zero-order valence-corrected chi connectivity index (χ0v) is 12.2. The third-order valence-corrected chi connectivity index (χ3v) is 4.12. The standard InChI is InChI=1S/C15H21N3O3/c1-20-15(5-8-21-10-15)9-18-14(19)11-3-2-4-12-13(11)17-7-6-16-12/h2-4,16-17H,5-10H2,1H3,(H,18,19). The van der Waals surface area contributed by atoms with Gasteiger partial charge in [0.25, 0.3) is 5.91 Å². The lowest BCUT2D eigenvalue weighted by Crippen LogP contribution is -2.45. The molecule has 1 aromatic carbocycles. The summed E-state index contributed by atoms with van der Waals surface area (Å²) >= 11 is 0. The Balaban J connectivity index is 1.71. The van der Waals surface area contributed by atoms with E-state index in [1.54, 1.807) is 7.11 Å². The van der Waals surface area contributed by atoms with E-state index in [2.05, 4.69) is 16.0 Å². The molecule has 0 radical (unpaired) electrons. The molecule has 0 spiro atoms. The molecular weight excluding hydrogens is 270 g/mol. The summed E-state index contributed by atoms with van der Waals surface area (Å²) < 4.78 is 10.9. The van der Waals surface area contributed by atoms with Gasteiger partial charge in [-0.25, -0.2) is 0 Å². The number of rotatable bonds is 4. The second-order valence-electron chi connectivity index (χ2n) is 5.45. The third kappa shape index (κ3) is 2.82. The molecule has 0 aromatic heterocycles. The van der Waals surface area contributed by atoms with E-state index in [1.165, 1.54) is 0 Å². The van der Waals surface area contributed by atoms with Crippen molar-refractivity contribution in [3.63, 3.8) is 0 Å². The highest BCUT2D eigenvalue weighted by molar-refractivity contribution is 6.02. The maximum atomic E-state index is 12.5. The maximum Gasteiger partial charge on any atom is 0.253 e. The van der Waals surface area contributed by atoms with Crippen LogP contribution in [0, 0.1) is 0 Å². The van der Waals surface area contributed by atoms with Gasteiger partial charge in [0.2, 0.25) is 0 Å². The molecule has 3 N–H and O–H groups in total. The van der Waals surface area contributed by atoms with Gasteiger partial charge in [-0.1, -0.05) is 6.07 Å². The van der Waals surface area contributed by atoms with Crippen molar-refractivity contribution in [1.29, 1.82) is 0 Å². The Kier molecular flexibility index (Phi) is 3.98. The minimum absolute atomic E-state index is 0.0913. The number of hydrogen-bond acceptors (Lipinski definition) is 5. The molecule has 6 nitrogen and oxygen atoms in total. The summed E-state index contributed by atoms with van der Waals surface area (Å²) in [4.78, 5) is 12.5. The summed E-state index contributed by atoms with van der Waals surface area (Å²) in [6.45, 7) is 3.33. The molecule has 114 valence electrons. The van der Waals surface area contributed by atoms with Gasteiger partial charge in [0, 0.05) is 39.8 Å². The number of amides is 1. The highest BCUT2D eigenvalue weighted by Crippen LogP contribution is 2.28. The number of carbonyl (C=O) groups is 1. The average Bonchev–Trinajstić information content (AvgIpc) is 3.01. The summed E-state index contributed by atoms with van der Waals surface area (Å²) in [5.74, 6) is -0.0913. The van der Waals surface area contributed by atoms with Gasteiger partial charge < -0.3 is 25.4 Å². The van der Waals surface area contributed by atoms with Crippen LogP contribution < -0.4 is 16.0 Å². The quantitative estimate of drug-likeness (QED) is 0.774. The molecule has 1 amide bonds. The van der Waals surface area contributed by atoms with Crippen LogP contribution in [0.15, 0.2) is 18.2 Å². The first kappa shape index (κ1) is 14.2. The molecule has 21 heavy (non-hydrogen) atoms. The molecule has 0 bridgehead atoms. The second kappa shape index (κ2) is 5.91. The van der Waals surface area contributed by atoms with E-state index in [4.69, 9.17) is 9.47 Å². The molecule has 2 aliphatic rings. The summed E-state index contributed by atoms with van der Waals surface area (Å²) in [5, 5.41) is 9.54. The van der Waals surface area contributed by atoms with Gasteiger partial charge >= 0.3 is 0 Å². The average molecular weight is 291 g/mol. The fourth-order valence-electron chi connectivity index (χ4n) is 2.76. The van der Waals surface area contributed by atoms with Crippen molar-refractivity contribution in [2.45, 2.75) is 12.0 Å². The van der Waals surface area contributed by atoms with Gasteiger partial charge in [0.05, 0.1) is 23.5 Å². The number of fused-ring (bicyclic) bond motifs is 1. The number of hydrogen-bond donors (Lipinski definition) is 3. The molecule has 2 heterocycles. The van der Waals surface area contributed by atoms with E-state index >= 15 is 0 Å². The van der Waals surface area contributed by atoms with Crippen LogP contribution in [0.2, 0.25) is 0 Å². The third-order valence-electron chi connectivity index (χ3n) is 4.12. The summed E-state index contributed by atoms with van der Waals surface area (Å²) in [5.41, 5.74) is 2.11. The monoisotopic (exact) mass is 291 g/mol. The first-order chi connectivity index (χ1) is 10.2. The van der Waals surface area contributed by atoms with Gasteiger partial charge in [-0.3, -0.25) is 4.79 Å². The number of nitrogens with one attached hydrogen (secondary N) is 3. The van der Waals surface area contributed by atoms with Gasteiger partial charge in [0.1, 0.15) is 5.60 Å². The highest BCUT2D eigenvalue weighted by Gasteiger charge is 2.35. The minimum Gasteiger partial charge on any atom is -0.382 e. The van der Waals surface area contributed by atoms with Crippen molar-refractivity contribution < 1.29 is 14.3 Å². The van der Waals surface area contributed by atoms with E-state index in [0.29, 0.717) is 25.3 Å². The first-order valence-electron chi connectivity index (χ1n) is 7.26. The molecular formula is C15H21N3O3. The summed E-state index contributed by atoms with van der Waals surface area (Å²) in [6.07, 6.45) is 0.802. The van der Waals surface area contributed by atoms with Crippen molar-refractivity contribution in [3.05, 3.63) is 23.8 Å². The van der Waals surface area contributed by atoms with Crippen LogP contribution in [0.4, 0.5) is 11.4 Å². The van der Waals surface area contributed by atoms with E-state index in [1.807, 2.05) is 18.2 Å². The van der Waals surface area contributed by atoms with Crippen molar-refractivity contribution in [2.75, 3.05) is 50.6 Å². The molecule has 1 saturated heterocycles. The molecule has 0 saturated carbocycles. The molecule has 1 fully saturated rings. The Labute approximate surface area is 124 Å². The van der Waals surface area contributed by atoms with Gasteiger partial charge in [0.15, 0.2) is 0 Å². The molecule has 3 rings (SSSR count). The Morgan fingerprint density at radius 3 is 3.05 bits per heavy atom. The maximum absolute atomic E-state index is 12.5.